The summed E-state index contributed by atoms with van der Waals surface area (Å²) in [5.41, 5.74) is 20.3. The maximum atomic E-state index is 5.27. The molecule has 368 valence electrons. The molecular formula is C66H73LiN6. The van der Waals surface area contributed by atoms with E-state index in [1.54, 1.807) is 0 Å². The van der Waals surface area contributed by atoms with E-state index in [0.717, 1.165) is 54.4 Å². The molecular weight excluding hydrogens is 884 g/mol. The van der Waals surface area contributed by atoms with Crippen LogP contribution in [0.25, 0.3) is 22.5 Å². The Morgan fingerprint density at radius 1 is 0.507 bits per heavy atom. The molecule has 2 aromatic heterocycles. The number of anilines is 3. The number of aryl methyl sites for hydroxylation is 2. The predicted molar refractivity (Wildman–Crippen MR) is 307 cm³/mol. The maximum absolute atomic E-state index is 5.27. The molecule has 0 bridgehead atoms. The fourth-order valence-electron chi connectivity index (χ4n) is 9.85. The molecule has 6 aromatic carbocycles. The number of benzene rings is 6. The zero-order valence-electron chi connectivity index (χ0n) is 44.7. The van der Waals surface area contributed by atoms with Crippen LogP contribution in [0.2, 0.25) is 0 Å². The summed E-state index contributed by atoms with van der Waals surface area (Å²) >= 11 is 0. The van der Waals surface area contributed by atoms with Gasteiger partial charge >= 0.3 is 18.9 Å². The summed E-state index contributed by atoms with van der Waals surface area (Å²) in [6, 6.07) is 62.1. The number of nitrogens with zero attached hydrogens (tertiary/aromatic N) is 3. The largest absolute Gasteiger partial charge is 1.00 e. The first-order valence-corrected chi connectivity index (χ1v) is 26.3. The summed E-state index contributed by atoms with van der Waals surface area (Å²) < 4.78 is 0. The molecule has 0 amide bonds. The molecule has 4 heterocycles. The normalized spacial score (nSPS) is 13.1. The molecule has 0 unspecified atom stereocenters. The third kappa shape index (κ3) is 13.7. The summed E-state index contributed by atoms with van der Waals surface area (Å²) in [5, 5.41) is 11.2. The number of aromatic nitrogens is 2. The first-order valence-electron chi connectivity index (χ1n) is 26.3. The quantitative estimate of drug-likeness (QED) is 0.0646. The van der Waals surface area contributed by atoms with E-state index >= 15 is 0 Å². The van der Waals surface area contributed by atoms with Crippen LogP contribution in [-0.4, -0.2) is 29.3 Å². The average Bonchev–Trinajstić information content (AvgIpc) is 3.42. The van der Waals surface area contributed by atoms with Gasteiger partial charge in [0.15, 0.2) is 0 Å². The van der Waals surface area contributed by atoms with Gasteiger partial charge in [-0.05, 0) is 113 Å². The Labute approximate surface area is 448 Å². The van der Waals surface area contributed by atoms with Gasteiger partial charge in [0.25, 0.3) is 0 Å². The van der Waals surface area contributed by atoms with Crippen molar-refractivity contribution in [1.29, 1.82) is 0 Å². The van der Waals surface area contributed by atoms with Gasteiger partial charge < -0.3 is 16.0 Å². The molecule has 0 spiro atoms. The summed E-state index contributed by atoms with van der Waals surface area (Å²) in [6.45, 7) is 20.0. The second-order valence-corrected chi connectivity index (χ2v) is 20.2. The van der Waals surface area contributed by atoms with Crippen molar-refractivity contribution in [1.82, 2.24) is 9.97 Å². The van der Waals surface area contributed by atoms with E-state index in [-0.39, 0.29) is 24.9 Å². The van der Waals surface area contributed by atoms with Crippen LogP contribution in [0.15, 0.2) is 175 Å². The Hall–Kier alpha value is -6.71. The first-order chi connectivity index (χ1) is 35.1. The smallest absolute Gasteiger partial charge is 0.384 e. The topological polar surface area (TPSA) is 74.2 Å². The first kappa shape index (κ1) is 54.1. The van der Waals surface area contributed by atoms with Gasteiger partial charge in [0, 0.05) is 41.3 Å². The second kappa shape index (κ2) is 26.3. The van der Waals surface area contributed by atoms with Crippen LogP contribution in [0, 0.1) is 6.07 Å². The molecule has 2 aliphatic heterocycles. The number of aliphatic imine (C=N–C) groups is 1. The number of para-hydroxylation sites is 4. The van der Waals surface area contributed by atoms with Gasteiger partial charge in [-0.1, -0.05) is 171 Å². The van der Waals surface area contributed by atoms with Gasteiger partial charge in [0.1, 0.15) is 0 Å². The molecule has 0 saturated heterocycles. The van der Waals surface area contributed by atoms with Crippen LogP contribution in [0.4, 0.5) is 22.7 Å². The Bertz CT molecular complexity index is 2950. The number of hydrogen-bond donors (Lipinski definition) is 3. The molecule has 6 nitrogen and oxygen atoms in total. The molecule has 2 aliphatic rings. The van der Waals surface area contributed by atoms with E-state index in [0.29, 0.717) is 23.7 Å². The molecule has 0 aliphatic carbocycles. The third-order valence-electron chi connectivity index (χ3n) is 13.6. The summed E-state index contributed by atoms with van der Waals surface area (Å²) in [6.07, 6.45) is 6.52. The van der Waals surface area contributed by atoms with Crippen molar-refractivity contribution in [3.63, 3.8) is 0 Å². The average molecular weight is 957 g/mol. The number of fused-ring (bicyclic) bond motifs is 2. The Morgan fingerprint density at radius 3 is 1.49 bits per heavy atom. The van der Waals surface area contributed by atoms with Crippen LogP contribution >= 0.6 is 0 Å². The van der Waals surface area contributed by atoms with Crippen molar-refractivity contribution >= 4 is 29.0 Å². The molecule has 10 rings (SSSR count). The Morgan fingerprint density at radius 2 is 0.986 bits per heavy atom. The molecule has 0 saturated carbocycles. The molecule has 7 heteroatoms. The summed E-state index contributed by atoms with van der Waals surface area (Å²) in [5.74, 6) is 1.70. The monoisotopic (exact) mass is 957 g/mol. The van der Waals surface area contributed by atoms with Crippen molar-refractivity contribution in [3.05, 3.63) is 226 Å². The molecule has 1 atom stereocenters. The van der Waals surface area contributed by atoms with Crippen molar-refractivity contribution in [2.75, 3.05) is 29.0 Å². The number of nitrogens with one attached hydrogen (secondary N) is 3. The van der Waals surface area contributed by atoms with E-state index in [1.807, 2.05) is 42.6 Å². The summed E-state index contributed by atoms with van der Waals surface area (Å²) in [7, 11) is 0. The molecule has 0 fully saturated rings. The van der Waals surface area contributed by atoms with Crippen LogP contribution < -0.4 is 34.8 Å². The standard InChI is InChI=1S/C33H37N3.C27H31N3.C6H5.Li/c1-22(2)26-16-9-17-27(23(3)4)33(26)36-32(25-12-6-5-7-13-25)30-20-10-19-29(35-30)28-18-8-14-24-15-11-21-34-31(24)28;1-18(2)22-12-7-13-23(19(3)4)27(22)29-17-21-11-6-15-25(30-21)24-14-5-9-20-10-8-16-28-26(20)24;1-2-4-6-5-3-1;/h5-10,12-14,16-20,22-23,32,34,36H,11,15,21H2,1-4H3;5-7,9,11-15,17-19,28H,8,10,16H2,1-4H3;1-5H;/q;;-1;+1/t32-;;;/m0.../s1. The minimum Gasteiger partial charge on any atom is -0.384 e. The maximum Gasteiger partial charge on any atom is 1.00 e. The van der Waals surface area contributed by atoms with E-state index in [2.05, 4.69) is 211 Å². The molecule has 8 aromatic rings. The molecule has 3 N–H and O–H groups in total. The number of rotatable bonds is 12. The van der Waals surface area contributed by atoms with Gasteiger partial charge in [0.2, 0.25) is 0 Å². The number of hydrogen-bond acceptors (Lipinski definition) is 6. The van der Waals surface area contributed by atoms with Gasteiger partial charge in [0.05, 0.1) is 40.7 Å². The van der Waals surface area contributed by atoms with Crippen molar-refractivity contribution < 1.29 is 18.9 Å². The van der Waals surface area contributed by atoms with Gasteiger partial charge in [-0.3, -0.25) is 9.98 Å². The Kier molecular flexibility index (Phi) is 19.5. The second-order valence-electron chi connectivity index (χ2n) is 20.2. The third-order valence-corrected chi connectivity index (χ3v) is 13.6. The van der Waals surface area contributed by atoms with Gasteiger partial charge in [-0.25, -0.2) is 4.98 Å². The minimum absolute atomic E-state index is 0. The van der Waals surface area contributed by atoms with E-state index < -0.39 is 0 Å². The minimum atomic E-state index is -0.0592. The van der Waals surface area contributed by atoms with Crippen molar-refractivity contribution in [2.45, 2.75) is 111 Å². The fraction of sp³-hybridized carbons (Fsp3) is 0.288. The molecule has 73 heavy (non-hydrogen) atoms. The van der Waals surface area contributed by atoms with E-state index in [1.165, 1.54) is 80.0 Å². The van der Waals surface area contributed by atoms with Crippen LogP contribution in [0.5, 0.6) is 0 Å². The zero-order chi connectivity index (χ0) is 50.4. The van der Waals surface area contributed by atoms with Crippen LogP contribution in [0.1, 0.15) is 148 Å². The van der Waals surface area contributed by atoms with Gasteiger partial charge in [-0.2, -0.15) is 36.4 Å². The zero-order valence-corrected chi connectivity index (χ0v) is 44.7. The van der Waals surface area contributed by atoms with Gasteiger partial charge in [-0.15, -0.1) is 0 Å². The molecule has 0 radical (unpaired) electrons. The number of pyridine rings is 2. The Balaban J connectivity index is 0.000000191. The predicted octanol–water partition coefficient (Wildman–Crippen LogP) is 14.1. The van der Waals surface area contributed by atoms with Crippen molar-refractivity contribution in [3.8, 4) is 22.5 Å². The summed E-state index contributed by atoms with van der Waals surface area (Å²) in [4.78, 5) is 15.1. The SMILES string of the molecule is CC(C)c1cccc(C(C)C)c1N=Cc1cccc(-c2cccc3c2NCCC3)n1.CC(C)c1cccc(C(C)C)c1N[C@@H](c1ccccc1)c1cccc(-c2cccc3c2NCCC3)n1.[Li+].[c-]1ccccc1. The van der Waals surface area contributed by atoms with E-state index in [9.17, 15) is 0 Å². The van der Waals surface area contributed by atoms with Crippen LogP contribution in [-0.2, 0) is 12.8 Å². The van der Waals surface area contributed by atoms with Crippen LogP contribution in [0.3, 0.4) is 0 Å². The van der Waals surface area contributed by atoms with Crippen molar-refractivity contribution in [2.24, 2.45) is 4.99 Å². The van der Waals surface area contributed by atoms with E-state index in [4.69, 9.17) is 15.0 Å². The fourth-order valence-corrected chi connectivity index (χ4v) is 9.85.